The van der Waals surface area contributed by atoms with Gasteiger partial charge in [-0.05, 0) is 41.5 Å². The smallest absolute Gasteiger partial charge is 0.0700 e. The van der Waals surface area contributed by atoms with Crippen LogP contribution >= 0.6 is 11.3 Å². The van der Waals surface area contributed by atoms with Crippen molar-refractivity contribution in [3.8, 4) is 0 Å². The zero-order chi connectivity index (χ0) is 15.7. The van der Waals surface area contributed by atoms with Crippen molar-refractivity contribution in [3.63, 3.8) is 0 Å². The van der Waals surface area contributed by atoms with Crippen molar-refractivity contribution in [1.29, 1.82) is 0 Å². The van der Waals surface area contributed by atoms with Gasteiger partial charge in [-0.15, -0.1) is 11.3 Å². The second-order valence-electron chi connectivity index (χ2n) is 6.35. The average Bonchev–Trinajstić information content (AvgIpc) is 3.09. The molecule has 0 amide bonds. The number of hydrogen-bond donors (Lipinski definition) is 0. The van der Waals surface area contributed by atoms with E-state index in [9.17, 15) is 0 Å². The summed E-state index contributed by atoms with van der Waals surface area (Å²) < 4.78 is 0. The van der Waals surface area contributed by atoms with E-state index >= 15 is 0 Å². The van der Waals surface area contributed by atoms with E-state index in [0.29, 0.717) is 0 Å². The van der Waals surface area contributed by atoms with Gasteiger partial charge in [0.2, 0.25) is 0 Å². The van der Waals surface area contributed by atoms with E-state index in [1.54, 1.807) is 4.88 Å². The van der Waals surface area contributed by atoms with Crippen molar-refractivity contribution in [2.24, 2.45) is 0 Å². The molecule has 0 spiro atoms. The first kappa shape index (κ1) is 14.7. The van der Waals surface area contributed by atoms with Gasteiger partial charge >= 0.3 is 0 Å². The third-order valence-corrected chi connectivity index (χ3v) is 6.04. The standard InChI is InChI=1S/C21H21NS/c1-21(18-10-6-3-7-11-18)19-13-15-23-20(19)12-14-22(21)16-17-8-4-2-5-9-17/h2-11,13,15H,12,14,16H2,1H3. The molecule has 4 rings (SSSR count). The molecule has 1 aromatic heterocycles. The average molecular weight is 319 g/mol. The predicted octanol–water partition coefficient (Wildman–Crippen LogP) is 5.07. The van der Waals surface area contributed by atoms with Gasteiger partial charge in [0.25, 0.3) is 0 Å². The second kappa shape index (κ2) is 5.95. The minimum absolute atomic E-state index is 0.0509. The number of nitrogens with zero attached hydrogens (tertiary/aromatic N) is 1. The van der Waals surface area contributed by atoms with Gasteiger partial charge in [-0.1, -0.05) is 60.7 Å². The van der Waals surface area contributed by atoms with Gasteiger partial charge in [-0.2, -0.15) is 0 Å². The van der Waals surface area contributed by atoms with Gasteiger partial charge in [-0.3, -0.25) is 4.90 Å². The normalized spacial score (nSPS) is 21.1. The van der Waals surface area contributed by atoms with E-state index in [-0.39, 0.29) is 5.54 Å². The zero-order valence-electron chi connectivity index (χ0n) is 13.4. The van der Waals surface area contributed by atoms with Crippen LogP contribution in [0.1, 0.15) is 28.5 Å². The number of fused-ring (bicyclic) bond motifs is 1. The van der Waals surface area contributed by atoms with Crippen molar-refractivity contribution in [1.82, 2.24) is 4.90 Å². The molecule has 1 unspecified atom stereocenters. The first-order valence-electron chi connectivity index (χ1n) is 8.20. The molecule has 0 aliphatic carbocycles. The summed E-state index contributed by atoms with van der Waals surface area (Å²) in [6.45, 7) is 4.48. The lowest BCUT2D eigenvalue weighted by Gasteiger charge is -2.45. The molecule has 1 atom stereocenters. The van der Waals surface area contributed by atoms with Crippen molar-refractivity contribution in [2.45, 2.75) is 25.4 Å². The topological polar surface area (TPSA) is 3.24 Å². The van der Waals surface area contributed by atoms with Crippen LogP contribution in [0.15, 0.2) is 72.1 Å². The number of rotatable bonds is 3. The molecule has 0 bridgehead atoms. The molecule has 0 fully saturated rings. The molecule has 3 aromatic rings. The molecule has 0 saturated carbocycles. The number of benzene rings is 2. The molecule has 1 aliphatic rings. The predicted molar refractivity (Wildman–Crippen MR) is 97.8 cm³/mol. The van der Waals surface area contributed by atoms with Crippen LogP contribution in [-0.2, 0) is 18.5 Å². The fraction of sp³-hybridized carbons (Fsp3) is 0.238. The Balaban J connectivity index is 1.79. The Labute approximate surface area is 142 Å². The minimum atomic E-state index is -0.0509. The monoisotopic (exact) mass is 319 g/mol. The maximum absolute atomic E-state index is 2.63. The minimum Gasteiger partial charge on any atom is -0.285 e. The maximum Gasteiger partial charge on any atom is 0.0700 e. The van der Waals surface area contributed by atoms with Crippen LogP contribution in [0.4, 0.5) is 0 Å². The molecule has 0 saturated heterocycles. The molecule has 1 aliphatic heterocycles. The first-order valence-corrected chi connectivity index (χ1v) is 9.08. The summed E-state index contributed by atoms with van der Waals surface area (Å²) in [6.07, 6.45) is 1.16. The molecule has 2 heteroatoms. The van der Waals surface area contributed by atoms with Crippen LogP contribution in [0, 0.1) is 0 Å². The van der Waals surface area contributed by atoms with Crippen LogP contribution in [0.5, 0.6) is 0 Å². The summed E-state index contributed by atoms with van der Waals surface area (Å²) in [4.78, 5) is 4.17. The molecule has 2 aromatic carbocycles. The van der Waals surface area contributed by atoms with Crippen molar-refractivity contribution >= 4 is 11.3 Å². The van der Waals surface area contributed by atoms with E-state index in [1.165, 1.54) is 16.7 Å². The highest BCUT2D eigenvalue weighted by atomic mass is 32.1. The lowest BCUT2D eigenvalue weighted by molar-refractivity contribution is 0.119. The van der Waals surface area contributed by atoms with Gasteiger partial charge in [0, 0.05) is 18.0 Å². The van der Waals surface area contributed by atoms with Crippen LogP contribution in [0.2, 0.25) is 0 Å². The Hall–Kier alpha value is -1.90. The fourth-order valence-corrected chi connectivity index (χ4v) is 4.71. The van der Waals surface area contributed by atoms with E-state index < -0.39 is 0 Å². The van der Waals surface area contributed by atoms with E-state index in [0.717, 1.165) is 19.5 Å². The highest BCUT2D eigenvalue weighted by molar-refractivity contribution is 7.10. The summed E-state index contributed by atoms with van der Waals surface area (Å²) in [5.74, 6) is 0. The summed E-state index contributed by atoms with van der Waals surface area (Å²) in [7, 11) is 0. The largest absolute Gasteiger partial charge is 0.285 e. The van der Waals surface area contributed by atoms with Crippen LogP contribution in [-0.4, -0.2) is 11.4 Å². The van der Waals surface area contributed by atoms with Gasteiger partial charge < -0.3 is 0 Å². The van der Waals surface area contributed by atoms with Crippen LogP contribution < -0.4 is 0 Å². The Kier molecular flexibility index (Phi) is 3.80. The molecule has 23 heavy (non-hydrogen) atoms. The zero-order valence-corrected chi connectivity index (χ0v) is 14.2. The van der Waals surface area contributed by atoms with E-state index in [1.807, 2.05) is 11.3 Å². The quantitative estimate of drug-likeness (QED) is 0.651. The Bertz CT molecular complexity index is 778. The Morgan fingerprint density at radius 1 is 0.957 bits per heavy atom. The van der Waals surface area contributed by atoms with Crippen molar-refractivity contribution < 1.29 is 0 Å². The lowest BCUT2D eigenvalue weighted by atomic mass is 9.80. The highest BCUT2D eigenvalue weighted by Gasteiger charge is 2.40. The summed E-state index contributed by atoms with van der Waals surface area (Å²) >= 11 is 1.90. The molecular formula is C21H21NS. The Morgan fingerprint density at radius 2 is 1.65 bits per heavy atom. The summed E-state index contributed by atoms with van der Waals surface area (Å²) in [6, 6.07) is 24.1. The third-order valence-electron chi connectivity index (χ3n) is 5.06. The third kappa shape index (κ3) is 2.52. The molecule has 0 N–H and O–H groups in total. The Morgan fingerprint density at radius 3 is 2.39 bits per heavy atom. The van der Waals surface area contributed by atoms with Gasteiger partial charge in [0.1, 0.15) is 0 Å². The number of thiophene rings is 1. The molecule has 2 heterocycles. The summed E-state index contributed by atoms with van der Waals surface area (Å²) in [5.41, 5.74) is 4.20. The fourth-order valence-electron chi connectivity index (χ4n) is 3.74. The van der Waals surface area contributed by atoms with Crippen LogP contribution in [0.3, 0.4) is 0 Å². The highest BCUT2D eigenvalue weighted by Crippen LogP contribution is 2.43. The maximum atomic E-state index is 2.63. The van der Waals surface area contributed by atoms with Gasteiger partial charge in [-0.25, -0.2) is 0 Å². The van der Waals surface area contributed by atoms with Crippen LogP contribution in [0.25, 0.3) is 0 Å². The summed E-state index contributed by atoms with van der Waals surface area (Å²) in [5, 5.41) is 2.25. The lowest BCUT2D eigenvalue weighted by Crippen LogP contribution is -2.48. The molecule has 0 radical (unpaired) electrons. The van der Waals surface area contributed by atoms with Gasteiger partial charge in [0.05, 0.1) is 5.54 Å². The van der Waals surface area contributed by atoms with Gasteiger partial charge in [0.15, 0.2) is 0 Å². The second-order valence-corrected chi connectivity index (χ2v) is 7.35. The van der Waals surface area contributed by atoms with E-state index in [4.69, 9.17) is 0 Å². The van der Waals surface area contributed by atoms with E-state index in [2.05, 4.69) is 83.9 Å². The van der Waals surface area contributed by atoms with Crippen molar-refractivity contribution in [2.75, 3.05) is 6.54 Å². The van der Waals surface area contributed by atoms with Crippen molar-refractivity contribution in [3.05, 3.63) is 93.7 Å². The molecular weight excluding hydrogens is 298 g/mol. The molecule has 116 valence electrons. The number of hydrogen-bond acceptors (Lipinski definition) is 2. The first-order chi connectivity index (χ1) is 11.3. The molecule has 1 nitrogen and oxygen atoms in total. The SMILES string of the molecule is CC1(c2ccccc2)c2ccsc2CCN1Cc1ccccc1.